The molecule has 164 valence electrons. The van der Waals surface area contributed by atoms with Crippen molar-refractivity contribution in [3.63, 3.8) is 0 Å². The van der Waals surface area contributed by atoms with Gasteiger partial charge in [-0.25, -0.2) is 0 Å². The third-order valence-electron chi connectivity index (χ3n) is 5.58. The first-order valence-corrected chi connectivity index (χ1v) is 11.3. The van der Waals surface area contributed by atoms with Crippen LogP contribution in [-0.4, -0.2) is 33.1 Å². The molecule has 2 heterocycles. The van der Waals surface area contributed by atoms with E-state index in [1.165, 1.54) is 0 Å². The van der Waals surface area contributed by atoms with Gasteiger partial charge < -0.3 is 9.88 Å². The highest BCUT2D eigenvalue weighted by Crippen LogP contribution is 2.34. The van der Waals surface area contributed by atoms with Crippen LogP contribution in [-0.2, 0) is 9.59 Å². The fourth-order valence-electron chi connectivity index (χ4n) is 3.71. The first-order valence-electron chi connectivity index (χ1n) is 10.5. The SMILES string of the molecule is Cc1ccc(NC(=O)CN2C(=O)SC(=Cc3cn(C(C)C)c4ccccc34)C2=O)cc1C. The van der Waals surface area contributed by atoms with Crippen molar-refractivity contribution < 1.29 is 14.4 Å². The van der Waals surface area contributed by atoms with Crippen LogP contribution in [0.4, 0.5) is 10.5 Å². The van der Waals surface area contributed by atoms with Gasteiger partial charge in [-0.1, -0.05) is 24.3 Å². The number of benzene rings is 2. The van der Waals surface area contributed by atoms with Gasteiger partial charge in [0, 0.05) is 34.4 Å². The molecular formula is C25H25N3O3S. The van der Waals surface area contributed by atoms with Crippen LogP contribution >= 0.6 is 11.8 Å². The number of para-hydroxylation sites is 1. The molecule has 0 unspecified atom stereocenters. The van der Waals surface area contributed by atoms with Gasteiger partial charge in [0.1, 0.15) is 6.54 Å². The molecule has 1 saturated heterocycles. The van der Waals surface area contributed by atoms with Crippen molar-refractivity contribution in [2.24, 2.45) is 0 Å². The lowest BCUT2D eigenvalue weighted by atomic mass is 10.1. The van der Waals surface area contributed by atoms with Crippen LogP contribution in [0.15, 0.2) is 53.6 Å². The second-order valence-electron chi connectivity index (χ2n) is 8.22. The Labute approximate surface area is 191 Å². The van der Waals surface area contributed by atoms with Gasteiger partial charge in [0.2, 0.25) is 5.91 Å². The van der Waals surface area contributed by atoms with E-state index in [0.29, 0.717) is 10.6 Å². The van der Waals surface area contributed by atoms with Crippen molar-refractivity contribution in [3.05, 3.63) is 70.3 Å². The highest BCUT2D eigenvalue weighted by Gasteiger charge is 2.36. The number of nitrogens with zero attached hydrogens (tertiary/aromatic N) is 2. The number of carbonyl (C=O) groups is 3. The number of fused-ring (bicyclic) bond motifs is 1. The molecule has 3 amide bonds. The number of carbonyl (C=O) groups excluding carboxylic acids is 3. The molecule has 1 aromatic heterocycles. The molecule has 2 aromatic carbocycles. The van der Waals surface area contributed by atoms with Crippen LogP contribution in [0.2, 0.25) is 0 Å². The van der Waals surface area contributed by atoms with Crippen LogP contribution < -0.4 is 5.32 Å². The Hall–Kier alpha value is -3.32. The Balaban J connectivity index is 1.54. The van der Waals surface area contributed by atoms with Crippen molar-refractivity contribution in [2.75, 3.05) is 11.9 Å². The first kappa shape index (κ1) is 21.9. The van der Waals surface area contributed by atoms with E-state index in [-0.39, 0.29) is 12.6 Å². The molecule has 4 rings (SSSR count). The Morgan fingerprint density at radius 3 is 2.56 bits per heavy atom. The normalized spacial score (nSPS) is 15.4. The lowest BCUT2D eigenvalue weighted by molar-refractivity contribution is -0.127. The topological polar surface area (TPSA) is 71.4 Å². The minimum Gasteiger partial charge on any atom is -0.344 e. The number of hydrogen-bond donors (Lipinski definition) is 1. The largest absolute Gasteiger partial charge is 0.344 e. The second-order valence-corrected chi connectivity index (χ2v) is 9.21. The van der Waals surface area contributed by atoms with E-state index in [1.54, 1.807) is 12.1 Å². The minimum atomic E-state index is -0.448. The number of imide groups is 1. The summed E-state index contributed by atoms with van der Waals surface area (Å²) in [6.07, 6.45) is 3.74. The van der Waals surface area contributed by atoms with E-state index in [4.69, 9.17) is 0 Å². The molecule has 0 bridgehead atoms. The van der Waals surface area contributed by atoms with E-state index < -0.39 is 17.1 Å². The predicted molar refractivity (Wildman–Crippen MR) is 130 cm³/mol. The lowest BCUT2D eigenvalue weighted by Gasteiger charge is -2.13. The van der Waals surface area contributed by atoms with Crippen LogP contribution in [0, 0.1) is 13.8 Å². The van der Waals surface area contributed by atoms with E-state index in [1.807, 2.05) is 56.4 Å². The zero-order valence-corrected chi connectivity index (χ0v) is 19.3. The van der Waals surface area contributed by atoms with Crippen molar-refractivity contribution in [1.82, 2.24) is 9.47 Å². The molecule has 7 heteroatoms. The molecule has 0 spiro atoms. The average Bonchev–Trinajstić information content (AvgIpc) is 3.24. The van der Waals surface area contributed by atoms with Gasteiger partial charge in [0.25, 0.3) is 11.1 Å². The molecule has 0 atom stereocenters. The lowest BCUT2D eigenvalue weighted by Crippen LogP contribution is -2.36. The standard InChI is InChI=1S/C25H25N3O3S/c1-15(2)27-13-18(20-7-5-6-8-21(20)27)12-22-24(30)28(25(31)32-22)14-23(29)26-19-10-9-16(3)17(4)11-19/h5-13,15H,14H2,1-4H3,(H,26,29). The Kier molecular flexibility index (Phi) is 5.93. The van der Waals surface area contributed by atoms with Gasteiger partial charge in [0.05, 0.1) is 4.91 Å². The molecule has 0 aliphatic carbocycles. The summed E-state index contributed by atoms with van der Waals surface area (Å²) in [7, 11) is 0. The number of thioether (sulfide) groups is 1. The maximum Gasteiger partial charge on any atom is 0.294 e. The summed E-state index contributed by atoms with van der Waals surface area (Å²) in [6.45, 7) is 7.83. The summed E-state index contributed by atoms with van der Waals surface area (Å²) < 4.78 is 2.14. The van der Waals surface area contributed by atoms with Gasteiger partial charge >= 0.3 is 0 Å². The van der Waals surface area contributed by atoms with Gasteiger partial charge in [-0.3, -0.25) is 19.3 Å². The number of aryl methyl sites for hydroxylation is 2. The number of nitrogens with one attached hydrogen (secondary N) is 1. The second kappa shape index (κ2) is 8.67. The van der Waals surface area contributed by atoms with E-state index >= 15 is 0 Å². The van der Waals surface area contributed by atoms with Crippen LogP contribution in [0.3, 0.4) is 0 Å². The summed E-state index contributed by atoms with van der Waals surface area (Å²) in [4.78, 5) is 39.2. The first-order chi connectivity index (χ1) is 15.2. The molecule has 32 heavy (non-hydrogen) atoms. The molecular weight excluding hydrogens is 422 g/mol. The molecule has 0 radical (unpaired) electrons. The molecule has 3 aromatic rings. The van der Waals surface area contributed by atoms with Crippen molar-refractivity contribution in [3.8, 4) is 0 Å². The molecule has 1 N–H and O–H groups in total. The van der Waals surface area contributed by atoms with Crippen molar-refractivity contribution >= 4 is 51.5 Å². The molecule has 1 fully saturated rings. The van der Waals surface area contributed by atoms with Crippen molar-refractivity contribution in [2.45, 2.75) is 33.7 Å². The number of amides is 3. The van der Waals surface area contributed by atoms with Gasteiger partial charge in [-0.15, -0.1) is 0 Å². The predicted octanol–water partition coefficient (Wildman–Crippen LogP) is 5.51. The van der Waals surface area contributed by atoms with Crippen LogP contribution in [0.5, 0.6) is 0 Å². The van der Waals surface area contributed by atoms with Gasteiger partial charge in [-0.2, -0.15) is 0 Å². The fraction of sp³-hybridized carbons (Fsp3) is 0.240. The quantitative estimate of drug-likeness (QED) is 0.523. The van der Waals surface area contributed by atoms with E-state index in [2.05, 4.69) is 23.7 Å². The molecule has 6 nitrogen and oxygen atoms in total. The number of anilines is 1. The molecule has 1 aliphatic heterocycles. The number of rotatable bonds is 5. The van der Waals surface area contributed by atoms with Gasteiger partial charge in [-0.05, 0) is 74.9 Å². The minimum absolute atomic E-state index is 0.256. The summed E-state index contributed by atoms with van der Waals surface area (Å²) in [5.41, 5.74) is 4.76. The maximum atomic E-state index is 12.9. The molecule has 0 saturated carbocycles. The molecule has 1 aliphatic rings. The zero-order valence-electron chi connectivity index (χ0n) is 18.5. The Bertz CT molecular complexity index is 1270. The third-order valence-corrected chi connectivity index (χ3v) is 6.49. The highest BCUT2D eigenvalue weighted by molar-refractivity contribution is 8.18. The highest BCUT2D eigenvalue weighted by atomic mass is 32.2. The smallest absolute Gasteiger partial charge is 0.294 e. The zero-order chi connectivity index (χ0) is 23.0. The van der Waals surface area contributed by atoms with Crippen LogP contribution in [0.25, 0.3) is 17.0 Å². The Morgan fingerprint density at radius 2 is 1.84 bits per heavy atom. The van der Waals surface area contributed by atoms with E-state index in [9.17, 15) is 14.4 Å². The fourth-order valence-corrected chi connectivity index (χ4v) is 4.54. The number of hydrogen-bond acceptors (Lipinski definition) is 4. The monoisotopic (exact) mass is 447 g/mol. The average molecular weight is 448 g/mol. The summed E-state index contributed by atoms with van der Waals surface area (Å²) in [5, 5.41) is 3.34. The van der Waals surface area contributed by atoms with Gasteiger partial charge in [0.15, 0.2) is 0 Å². The third kappa shape index (κ3) is 4.21. The maximum absolute atomic E-state index is 12.9. The summed E-state index contributed by atoms with van der Waals surface area (Å²) in [5.74, 6) is -0.857. The van der Waals surface area contributed by atoms with Crippen LogP contribution in [0.1, 0.15) is 36.6 Å². The Morgan fingerprint density at radius 1 is 1.09 bits per heavy atom. The summed E-state index contributed by atoms with van der Waals surface area (Å²) in [6, 6.07) is 13.8. The summed E-state index contributed by atoms with van der Waals surface area (Å²) >= 11 is 0.865. The van der Waals surface area contributed by atoms with Crippen molar-refractivity contribution in [1.29, 1.82) is 0 Å². The number of aromatic nitrogens is 1. The van der Waals surface area contributed by atoms with E-state index in [0.717, 1.165) is 44.3 Å².